The zero-order chi connectivity index (χ0) is 9.10. The topological polar surface area (TPSA) is 64.7 Å². The number of rotatable bonds is 1. The second-order valence-electron chi connectivity index (χ2n) is 2.54. The highest BCUT2D eigenvalue weighted by molar-refractivity contribution is 5.85. The average molecular weight is 209 g/mol. The lowest BCUT2D eigenvalue weighted by molar-refractivity contribution is 1.18. The Morgan fingerprint density at radius 3 is 2.64 bits per heavy atom. The molecule has 0 spiro atoms. The number of anilines is 1. The average Bonchev–Trinajstić information content (AvgIpc) is 2.19. The van der Waals surface area contributed by atoms with Gasteiger partial charge >= 0.3 is 0 Å². The van der Waals surface area contributed by atoms with Crippen LogP contribution in [-0.4, -0.2) is 15.0 Å². The fourth-order valence-electron chi connectivity index (χ4n) is 1.05. The Hall–Kier alpha value is -1.68. The summed E-state index contributed by atoms with van der Waals surface area (Å²) in [4.78, 5) is 11.9. The lowest BCUT2D eigenvalue weighted by atomic mass is 10.2. The minimum absolute atomic E-state index is 0. The van der Waals surface area contributed by atoms with E-state index in [2.05, 4.69) is 15.0 Å². The summed E-state index contributed by atoms with van der Waals surface area (Å²) in [5, 5.41) is 0. The third kappa shape index (κ3) is 2.17. The third-order valence-corrected chi connectivity index (χ3v) is 1.63. The number of pyridine rings is 1. The van der Waals surface area contributed by atoms with E-state index in [0.717, 1.165) is 11.3 Å². The van der Waals surface area contributed by atoms with Gasteiger partial charge in [-0.3, -0.25) is 4.98 Å². The lowest BCUT2D eigenvalue weighted by Crippen LogP contribution is -1.95. The molecule has 0 unspecified atom stereocenters. The number of nitrogens with two attached hydrogens (primary N) is 1. The molecule has 0 aromatic carbocycles. The molecule has 2 aromatic rings. The summed E-state index contributed by atoms with van der Waals surface area (Å²) in [6.07, 6.45) is 5.08. The molecule has 2 rings (SSSR count). The van der Waals surface area contributed by atoms with Gasteiger partial charge in [-0.25, -0.2) is 9.97 Å². The summed E-state index contributed by atoms with van der Waals surface area (Å²) in [6.45, 7) is 0. The van der Waals surface area contributed by atoms with Gasteiger partial charge in [0, 0.05) is 24.2 Å². The van der Waals surface area contributed by atoms with Crippen molar-refractivity contribution in [3.05, 3.63) is 36.8 Å². The lowest BCUT2D eigenvalue weighted by Gasteiger charge is -1.98. The summed E-state index contributed by atoms with van der Waals surface area (Å²) in [6, 6.07) is 5.58. The maximum absolute atomic E-state index is 5.45. The molecule has 14 heavy (non-hydrogen) atoms. The molecule has 2 aromatic heterocycles. The second kappa shape index (κ2) is 4.53. The van der Waals surface area contributed by atoms with Crippen molar-refractivity contribution in [3.8, 4) is 11.3 Å². The maximum atomic E-state index is 5.45. The molecule has 0 aliphatic carbocycles. The van der Waals surface area contributed by atoms with Gasteiger partial charge in [0.2, 0.25) is 5.95 Å². The number of hydrogen-bond donors (Lipinski definition) is 1. The molecule has 2 heterocycles. The fraction of sp³-hybridized carbons (Fsp3) is 0. The van der Waals surface area contributed by atoms with Crippen LogP contribution in [0, 0.1) is 0 Å². The van der Waals surface area contributed by atoms with Crippen LogP contribution in [0.15, 0.2) is 36.8 Å². The Bertz CT molecular complexity index is 405. The van der Waals surface area contributed by atoms with E-state index < -0.39 is 0 Å². The monoisotopic (exact) mass is 208 g/mol. The zero-order valence-corrected chi connectivity index (χ0v) is 8.11. The van der Waals surface area contributed by atoms with E-state index in [1.807, 2.05) is 12.1 Å². The van der Waals surface area contributed by atoms with Crippen LogP contribution in [0.5, 0.6) is 0 Å². The Labute approximate surface area is 87.6 Å². The van der Waals surface area contributed by atoms with Crippen molar-refractivity contribution in [2.75, 3.05) is 5.73 Å². The largest absolute Gasteiger partial charge is 0.368 e. The Balaban J connectivity index is 0.000000980. The van der Waals surface area contributed by atoms with Crippen LogP contribution in [0.1, 0.15) is 0 Å². The van der Waals surface area contributed by atoms with E-state index in [0.29, 0.717) is 0 Å². The van der Waals surface area contributed by atoms with Crippen molar-refractivity contribution in [2.24, 2.45) is 0 Å². The van der Waals surface area contributed by atoms with Crippen molar-refractivity contribution in [3.63, 3.8) is 0 Å². The predicted octanol–water partition coefficient (Wildman–Crippen LogP) is 1.54. The molecule has 0 aliphatic rings. The molecule has 0 saturated carbocycles. The van der Waals surface area contributed by atoms with Crippen molar-refractivity contribution in [1.29, 1.82) is 0 Å². The molecule has 0 amide bonds. The zero-order valence-electron chi connectivity index (χ0n) is 7.29. The van der Waals surface area contributed by atoms with E-state index in [1.165, 1.54) is 0 Å². The highest BCUT2D eigenvalue weighted by Gasteiger charge is 1.98. The number of aromatic nitrogens is 3. The number of halogens is 1. The first-order chi connectivity index (χ1) is 6.36. The predicted molar refractivity (Wildman–Crippen MR) is 56.9 cm³/mol. The molecular weight excluding hydrogens is 200 g/mol. The Morgan fingerprint density at radius 1 is 1.14 bits per heavy atom. The van der Waals surface area contributed by atoms with Gasteiger partial charge in [-0.15, -0.1) is 12.4 Å². The molecule has 0 atom stereocenters. The molecule has 5 heteroatoms. The molecule has 72 valence electrons. The van der Waals surface area contributed by atoms with E-state index in [1.54, 1.807) is 24.7 Å². The van der Waals surface area contributed by atoms with Crippen molar-refractivity contribution >= 4 is 18.4 Å². The van der Waals surface area contributed by atoms with Crippen molar-refractivity contribution in [1.82, 2.24) is 15.0 Å². The molecule has 4 nitrogen and oxygen atoms in total. The molecular formula is C9H9ClN4. The molecule has 0 aliphatic heterocycles. The first-order valence-corrected chi connectivity index (χ1v) is 3.85. The minimum Gasteiger partial charge on any atom is -0.368 e. The summed E-state index contributed by atoms with van der Waals surface area (Å²) < 4.78 is 0. The molecule has 0 radical (unpaired) electrons. The Morgan fingerprint density at radius 2 is 2.00 bits per heavy atom. The number of nitrogens with zero attached hydrogens (tertiary/aromatic N) is 3. The Kier molecular flexibility index (Phi) is 3.36. The van der Waals surface area contributed by atoms with Gasteiger partial charge in [0.15, 0.2) is 0 Å². The van der Waals surface area contributed by atoms with Crippen LogP contribution in [-0.2, 0) is 0 Å². The SMILES string of the molecule is Cl.Nc1nccc(-c2cccnc2)n1. The molecule has 0 saturated heterocycles. The van der Waals surface area contributed by atoms with Gasteiger partial charge in [0.1, 0.15) is 0 Å². The summed E-state index contributed by atoms with van der Waals surface area (Å²) in [5.74, 6) is 0.279. The van der Waals surface area contributed by atoms with Crippen molar-refractivity contribution in [2.45, 2.75) is 0 Å². The van der Waals surface area contributed by atoms with Crippen molar-refractivity contribution < 1.29 is 0 Å². The van der Waals surface area contributed by atoms with Crippen LogP contribution in [0.2, 0.25) is 0 Å². The van der Waals surface area contributed by atoms with Gasteiger partial charge in [0.25, 0.3) is 0 Å². The standard InChI is InChI=1S/C9H8N4.ClH/c10-9-12-5-3-8(13-9)7-2-1-4-11-6-7;/h1-6H,(H2,10,12,13);1H. The number of hydrogen-bond acceptors (Lipinski definition) is 4. The van der Waals surface area contributed by atoms with Crippen LogP contribution in [0.3, 0.4) is 0 Å². The fourth-order valence-corrected chi connectivity index (χ4v) is 1.05. The highest BCUT2D eigenvalue weighted by Crippen LogP contribution is 2.14. The van der Waals surface area contributed by atoms with E-state index in [-0.39, 0.29) is 18.4 Å². The summed E-state index contributed by atoms with van der Waals surface area (Å²) in [5.41, 5.74) is 7.19. The normalized spacial score (nSPS) is 9.14. The molecule has 0 fully saturated rings. The first-order valence-electron chi connectivity index (χ1n) is 3.85. The maximum Gasteiger partial charge on any atom is 0.220 e. The quantitative estimate of drug-likeness (QED) is 0.772. The molecule has 2 N–H and O–H groups in total. The smallest absolute Gasteiger partial charge is 0.220 e. The minimum atomic E-state index is 0. The molecule has 0 bridgehead atoms. The first kappa shape index (κ1) is 10.4. The van der Waals surface area contributed by atoms with Crippen LogP contribution in [0.4, 0.5) is 5.95 Å². The van der Waals surface area contributed by atoms with Crippen LogP contribution >= 0.6 is 12.4 Å². The van der Waals surface area contributed by atoms with E-state index in [9.17, 15) is 0 Å². The van der Waals surface area contributed by atoms with Gasteiger partial charge < -0.3 is 5.73 Å². The summed E-state index contributed by atoms with van der Waals surface area (Å²) >= 11 is 0. The van der Waals surface area contributed by atoms with E-state index >= 15 is 0 Å². The number of nitrogen functional groups attached to an aromatic ring is 1. The third-order valence-electron chi connectivity index (χ3n) is 1.63. The highest BCUT2D eigenvalue weighted by atomic mass is 35.5. The van der Waals surface area contributed by atoms with Gasteiger partial charge in [-0.1, -0.05) is 0 Å². The van der Waals surface area contributed by atoms with Gasteiger partial charge in [-0.2, -0.15) is 0 Å². The summed E-state index contributed by atoms with van der Waals surface area (Å²) in [7, 11) is 0. The van der Waals surface area contributed by atoms with Crippen LogP contribution in [0.25, 0.3) is 11.3 Å². The van der Waals surface area contributed by atoms with Crippen LogP contribution < -0.4 is 5.73 Å². The van der Waals surface area contributed by atoms with E-state index in [4.69, 9.17) is 5.73 Å². The second-order valence-corrected chi connectivity index (χ2v) is 2.54. The van der Waals surface area contributed by atoms with Gasteiger partial charge in [0.05, 0.1) is 5.69 Å². The van der Waals surface area contributed by atoms with Gasteiger partial charge in [-0.05, 0) is 18.2 Å².